The zero-order chi connectivity index (χ0) is 29.2. The Morgan fingerprint density at radius 3 is 1.74 bits per heavy atom. The highest BCUT2D eigenvalue weighted by Crippen LogP contribution is 2.39. The SMILES string of the molecule is O=C1NC(=O)C2=C1c1cn(c3ccccc13)CCOCCOCCN(Cc1ccccc1)CCn1cc2c2ccccc21. The lowest BCUT2D eigenvalue weighted by atomic mass is 9.95. The van der Waals surface area contributed by atoms with E-state index >= 15 is 0 Å². The second kappa shape index (κ2) is 12.0. The van der Waals surface area contributed by atoms with Gasteiger partial charge in [-0.1, -0.05) is 66.7 Å². The lowest BCUT2D eigenvalue weighted by Gasteiger charge is -2.23. The van der Waals surface area contributed by atoms with Gasteiger partial charge in [0, 0.05) is 78.1 Å². The number of hydrogen-bond acceptors (Lipinski definition) is 5. The molecule has 0 fully saturated rings. The summed E-state index contributed by atoms with van der Waals surface area (Å²) < 4.78 is 16.2. The number of carbonyl (C=O) groups excluding carboxylic acids is 2. The Hall–Kier alpha value is -4.50. The number of imide groups is 1. The van der Waals surface area contributed by atoms with Crippen LogP contribution in [0.3, 0.4) is 0 Å². The second-order valence-corrected chi connectivity index (χ2v) is 11.0. The minimum absolute atomic E-state index is 0.364. The number of ether oxygens (including phenoxy) is 2. The summed E-state index contributed by atoms with van der Waals surface area (Å²) in [6.07, 6.45) is 4.02. The van der Waals surface area contributed by atoms with Gasteiger partial charge in [-0.3, -0.25) is 19.8 Å². The van der Waals surface area contributed by atoms with Crippen molar-refractivity contribution in [1.29, 1.82) is 0 Å². The van der Waals surface area contributed by atoms with Gasteiger partial charge < -0.3 is 18.6 Å². The van der Waals surface area contributed by atoms with E-state index in [1.165, 1.54) is 5.56 Å². The first-order valence-corrected chi connectivity index (χ1v) is 14.9. The monoisotopic (exact) mass is 574 g/mol. The molecule has 43 heavy (non-hydrogen) atoms. The smallest absolute Gasteiger partial charge is 0.259 e. The lowest BCUT2D eigenvalue weighted by molar-refractivity contribution is -0.122. The van der Waals surface area contributed by atoms with Crippen LogP contribution in [0, 0.1) is 0 Å². The number of para-hydroxylation sites is 2. The van der Waals surface area contributed by atoms with Crippen LogP contribution < -0.4 is 5.32 Å². The van der Waals surface area contributed by atoms with Crippen molar-refractivity contribution in [3.05, 3.63) is 108 Å². The Balaban J connectivity index is 1.34. The molecule has 1 N–H and O–H groups in total. The van der Waals surface area contributed by atoms with Crippen molar-refractivity contribution in [2.75, 3.05) is 39.5 Å². The third-order valence-electron chi connectivity index (χ3n) is 8.35. The quantitative estimate of drug-likeness (QED) is 0.309. The highest BCUT2D eigenvalue weighted by atomic mass is 16.5. The first kappa shape index (κ1) is 27.3. The summed E-state index contributed by atoms with van der Waals surface area (Å²) in [5, 5.41) is 4.48. The van der Waals surface area contributed by atoms with Crippen LogP contribution in [0.25, 0.3) is 33.0 Å². The molecule has 0 spiro atoms. The number of rotatable bonds is 2. The molecule has 0 unspecified atom stereocenters. The van der Waals surface area contributed by atoms with E-state index in [4.69, 9.17) is 9.47 Å². The minimum atomic E-state index is -0.368. The Bertz CT molecular complexity index is 1830. The zero-order valence-corrected chi connectivity index (χ0v) is 24.0. The topological polar surface area (TPSA) is 77.7 Å². The number of benzene rings is 3. The molecule has 5 aromatic rings. The highest BCUT2D eigenvalue weighted by Gasteiger charge is 2.35. The molecule has 0 aliphatic carbocycles. The molecule has 2 aromatic heterocycles. The minimum Gasteiger partial charge on any atom is -0.378 e. The van der Waals surface area contributed by atoms with Crippen molar-refractivity contribution >= 4 is 44.8 Å². The summed E-state index contributed by atoms with van der Waals surface area (Å²) >= 11 is 0. The van der Waals surface area contributed by atoms with E-state index in [1.807, 2.05) is 60.9 Å². The molecule has 4 bridgehead atoms. The average molecular weight is 575 g/mol. The van der Waals surface area contributed by atoms with Crippen LogP contribution in [0.2, 0.25) is 0 Å². The fourth-order valence-corrected chi connectivity index (χ4v) is 6.27. The van der Waals surface area contributed by atoms with Gasteiger partial charge in [-0.2, -0.15) is 0 Å². The zero-order valence-electron chi connectivity index (χ0n) is 24.0. The van der Waals surface area contributed by atoms with Crippen LogP contribution >= 0.6 is 0 Å². The third kappa shape index (κ3) is 5.41. The Kier molecular flexibility index (Phi) is 7.64. The highest BCUT2D eigenvalue weighted by molar-refractivity contribution is 6.50. The summed E-state index contributed by atoms with van der Waals surface area (Å²) in [6.45, 7) is 5.86. The largest absolute Gasteiger partial charge is 0.378 e. The van der Waals surface area contributed by atoms with E-state index in [0.29, 0.717) is 50.7 Å². The van der Waals surface area contributed by atoms with E-state index < -0.39 is 0 Å². The fraction of sp³-hybridized carbons (Fsp3) is 0.257. The second-order valence-electron chi connectivity index (χ2n) is 11.0. The van der Waals surface area contributed by atoms with E-state index in [-0.39, 0.29) is 11.8 Å². The van der Waals surface area contributed by atoms with Gasteiger partial charge >= 0.3 is 0 Å². The van der Waals surface area contributed by atoms with E-state index in [1.54, 1.807) is 0 Å². The van der Waals surface area contributed by atoms with Crippen molar-refractivity contribution in [2.24, 2.45) is 0 Å². The third-order valence-corrected chi connectivity index (χ3v) is 8.35. The number of fused-ring (bicyclic) bond motifs is 12. The molecule has 8 nitrogen and oxygen atoms in total. The summed E-state index contributed by atoms with van der Waals surface area (Å²) in [5.74, 6) is -0.732. The van der Waals surface area contributed by atoms with E-state index in [0.717, 1.165) is 52.6 Å². The summed E-state index contributed by atoms with van der Waals surface area (Å²) in [5.41, 5.74) is 5.63. The van der Waals surface area contributed by atoms with Crippen LogP contribution in [-0.4, -0.2) is 65.4 Å². The number of hydrogen-bond donors (Lipinski definition) is 1. The van der Waals surface area contributed by atoms with Crippen LogP contribution in [0.5, 0.6) is 0 Å². The standard InChI is InChI=1S/C35H34N4O4/c40-34-32-28-23-38(30-12-6-4-10-26(28)30)15-14-37(22-25-8-2-1-3-9-25)16-18-42-20-21-43-19-17-39-24-29(33(32)35(41)36-34)27-11-5-7-13-31(27)39/h1-13,23-24H,14-22H2,(H,36,40,41). The number of carbonyl (C=O) groups is 2. The van der Waals surface area contributed by atoms with Crippen molar-refractivity contribution < 1.29 is 19.1 Å². The fourth-order valence-electron chi connectivity index (χ4n) is 6.27. The predicted octanol–water partition coefficient (Wildman–Crippen LogP) is 4.71. The normalized spacial score (nSPS) is 17.5. The number of amides is 2. The van der Waals surface area contributed by atoms with Gasteiger partial charge in [-0.05, 0) is 17.7 Å². The van der Waals surface area contributed by atoms with Gasteiger partial charge in [-0.25, -0.2) is 0 Å². The molecular formula is C35H34N4O4. The van der Waals surface area contributed by atoms with Crippen LogP contribution in [0.4, 0.5) is 0 Å². The molecule has 2 aliphatic heterocycles. The maximum atomic E-state index is 13.5. The van der Waals surface area contributed by atoms with Gasteiger partial charge in [0.2, 0.25) is 0 Å². The molecule has 2 amide bonds. The van der Waals surface area contributed by atoms with Crippen molar-refractivity contribution in [1.82, 2.24) is 19.4 Å². The molecule has 2 aliphatic rings. The van der Waals surface area contributed by atoms with Crippen LogP contribution in [0.15, 0.2) is 91.3 Å². The Morgan fingerprint density at radius 1 is 0.581 bits per heavy atom. The van der Waals surface area contributed by atoms with Crippen molar-refractivity contribution in [3.63, 3.8) is 0 Å². The molecule has 4 heterocycles. The van der Waals surface area contributed by atoms with Gasteiger partial charge in [0.05, 0.1) is 37.6 Å². The summed E-state index contributed by atoms with van der Waals surface area (Å²) in [4.78, 5) is 29.3. The van der Waals surface area contributed by atoms with E-state index in [2.05, 4.69) is 49.7 Å². The Morgan fingerprint density at radius 2 is 1.12 bits per heavy atom. The lowest BCUT2D eigenvalue weighted by Crippen LogP contribution is -2.31. The maximum Gasteiger partial charge on any atom is 0.259 e. The van der Waals surface area contributed by atoms with Crippen molar-refractivity contribution in [3.8, 4) is 0 Å². The van der Waals surface area contributed by atoms with Crippen molar-refractivity contribution in [2.45, 2.75) is 19.6 Å². The van der Waals surface area contributed by atoms with Crippen LogP contribution in [0.1, 0.15) is 16.7 Å². The molecule has 0 saturated heterocycles. The number of nitrogens with zero attached hydrogens (tertiary/aromatic N) is 3. The van der Waals surface area contributed by atoms with Gasteiger partial charge in [0.15, 0.2) is 0 Å². The molecule has 3 aromatic carbocycles. The summed E-state index contributed by atoms with van der Waals surface area (Å²) in [6, 6.07) is 26.6. The van der Waals surface area contributed by atoms with E-state index in [9.17, 15) is 9.59 Å². The van der Waals surface area contributed by atoms with Gasteiger partial charge in [0.25, 0.3) is 11.8 Å². The number of aromatic nitrogens is 2. The maximum absolute atomic E-state index is 13.5. The Labute approximate surface area is 250 Å². The average Bonchev–Trinajstić information content (AvgIpc) is 3.67. The molecule has 0 atom stereocenters. The molecule has 0 saturated carbocycles. The first-order valence-electron chi connectivity index (χ1n) is 14.9. The molecule has 8 heteroatoms. The predicted molar refractivity (Wildman–Crippen MR) is 167 cm³/mol. The molecular weight excluding hydrogens is 540 g/mol. The van der Waals surface area contributed by atoms with Crippen LogP contribution in [-0.2, 0) is 38.7 Å². The molecule has 7 rings (SSSR count). The summed E-state index contributed by atoms with van der Waals surface area (Å²) in [7, 11) is 0. The first-order chi connectivity index (χ1) is 21.2. The number of nitrogens with one attached hydrogen (secondary N) is 1. The molecule has 218 valence electrons. The molecule has 0 radical (unpaired) electrons. The van der Waals surface area contributed by atoms with Gasteiger partial charge in [0.1, 0.15) is 0 Å². The van der Waals surface area contributed by atoms with Gasteiger partial charge in [-0.15, -0.1) is 0 Å².